The molecular formula is C17H26N2S. The second kappa shape index (κ2) is 6.23. The van der Waals surface area contributed by atoms with E-state index in [9.17, 15) is 0 Å². The van der Waals surface area contributed by atoms with Crippen molar-refractivity contribution in [1.29, 1.82) is 0 Å². The van der Waals surface area contributed by atoms with Crippen molar-refractivity contribution in [3.05, 3.63) is 35.4 Å². The Bertz CT molecular complexity index is 451. The second-order valence-corrected chi connectivity index (χ2v) is 7.37. The maximum Gasteiger partial charge on any atom is 0.0759 e. The van der Waals surface area contributed by atoms with E-state index in [1.807, 2.05) is 0 Å². The molecule has 0 aromatic heterocycles. The molecule has 0 radical (unpaired) electrons. The summed E-state index contributed by atoms with van der Waals surface area (Å²) in [5.41, 5.74) is 8.76. The average molecular weight is 290 g/mol. The highest BCUT2D eigenvalue weighted by atomic mass is 32.1. The van der Waals surface area contributed by atoms with Crippen LogP contribution in [0.3, 0.4) is 0 Å². The summed E-state index contributed by atoms with van der Waals surface area (Å²) in [6.07, 6.45) is 2.21. The Hall–Kier alpha value is -0.930. The standard InChI is InChI=1S/C17H26N2S/c1-17(2,3)15-6-4-13(5-7-15)12-19-10-8-14(9-11-19)16(18)20/h4-7,14H,8-12H2,1-3H3,(H2,18,20). The van der Waals surface area contributed by atoms with Crippen LogP contribution in [0.2, 0.25) is 0 Å². The number of thiocarbonyl (C=S) groups is 1. The molecule has 1 aromatic carbocycles. The van der Waals surface area contributed by atoms with Crippen LogP contribution in [0.5, 0.6) is 0 Å². The van der Waals surface area contributed by atoms with Gasteiger partial charge in [0.05, 0.1) is 4.99 Å². The molecule has 0 atom stereocenters. The van der Waals surface area contributed by atoms with Gasteiger partial charge in [-0.05, 0) is 42.5 Å². The highest BCUT2D eigenvalue weighted by Gasteiger charge is 2.21. The first-order valence-corrected chi connectivity index (χ1v) is 7.88. The molecule has 2 rings (SSSR count). The summed E-state index contributed by atoms with van der Waals surface area (Å²) in [5, 5.41) is 0. The van der Waals surface area contributed by atoms with Gasteiger partial charge in [-0.1, -0.05) is 57.3 Å². The highest BCUT2D eigenvalue weighted by Crippen LogP contribution is 2.23. The van der Waals surface area contributed by atoms with Gasteiger partial charge in [0.15, 0.2) is 0 Å². The van der Waals surface area contributed by atoms with Gasteiger partial charge in [-0.3, -0.25) is 4.90 Å². The van der Waals surface area contributed by atoms with Gasteiger partial charge < -0.3 is 5.73 Å². The molecule has 1 saturated heterocycles. The van der Waals surface area contributed by atoms with Gasteiger partial charge >= 0.3 is 0 Å². The van der Waals surface area contributed by atoms with Gasteiger partial charge in [-0.25, -0.2) is 0 Å². The number of piperidine rings is 1. The van der Waals surface area contributed by atoms with Gasteiger partial charge in [0.1, 0.15) is 0 Å². The van der Waals surface area contributed by atoms with Crippen LogP contribution in [-0.4, -0.2) is 23.0 Å². The van der Waals surface area contributed by atoms with E-state index in [0.29, 0.717) is 10.9 Å². The number of rotatable bonds is 3. The molecule has 0 unspecified atom stereocenters. The third-order valence-electron chi connectivity index (χ3n) is 4.22. The van der Waals surface area contributed by atoms with Crippen molar-refractivity contribution in [2.24, 2.45) is 11.7 Å². The van der Waals surface area contributed by atoms with Crippen molar-refractivity contribution in [2.75, 3.05) is 13.1 Å². The molecule has 0 bridgehead atoms. The summed E-state index contributed by atoms with van der Waals surface area (Å²) in [7, 11) is 0. The zero-order chi connectivity index (χ0) is 14.8. The van der Waals surface area contributed by atoms with Crippen molar-refractivity contribution in [1.82, 2.24) is 4.90 Å². The van der Waals surface area contributed by atoms with Gasteiger partial charge in [-0.2, -0.15) is 0 Å². The van der Waals surface area contributed by atoms with E-state index in [0.717, 1.165) is 32.5 Å². The zero-order valence-electron chi connectivity index (χ0n) is 12.9. The monoisotopic (exact) mass is 290 g/mol. The van der Waals surface area contributed by atoms with Crippen molar-refractivity contribution in [3.63, 3.8) is 0 Å². The molecule has 0 saturated carbocycles. The summed E-state index contributed by atoms with van der Waals surface area (Å²) in [5.74, 6) is 0.449. The van der Waals surface area contributed by atoms with E-state index < -0.39 is 0 Å². The van der Waals surface area contributed by atoms with Crippen molar-refractivity contribution in [3.8, 4) is 0 Å². The van der Waals surface area contributed by atoms with Crippen LogP contribution >= 0.6 is 12.2 Å². The van der Waals surface area contributed by atoms with Crippen molar-refractivity contribution in [2.45, 2.75) is 45.6 Å². The SMILES string of the molecule is CC(C)(C)c1ccc(CN2CCC(C(N)=S)CC2)cc1. The topological polar surface area (TPSA) is 29.3 Å². The fourth-order valence-electron chi connectivity index (χ4n) is 2.74. The number of nitrogens with two attached hydrogens (primary N) is 1. The molecule has 1 heterocycles. The maximum atomic E-state index is 5.74. The quantitative estimate of drug-likeness (QED) is 0.864. The first kappa shape index (κ1) is 15.5. The van der Waals surface area contributed by atoms with E-state index >= 15 is 0 Å². The summed E-state index contributed by atoms with van der Waals surface area (Å²) in [4.78, 5) is 3.19. The number of nitrogens with zero attached hydrogens (tertiary/aromatic N) is 1. The van der Waals surface area contributed by atoms with Crippen LogP contribution in [-0.2, 0) is 12.0 Å². The molecule has 110 valence electrons. The number of hydrogen-bond donors (Lipinski definition) is 1. The van der Waals surface area contributed by atoms with E-state index in [1.54, 1.807) is 0 Å². The van der Waals surface area contributed by atoms with Crippen molar-refractivity contribution >= 4 is 17.2 Å². The third-order valence-corrected chi connectivity index (χ3v) is 4.55. The maximum absolute atomic E-state index is 5.74. The molecule has 0 spiro atoms. The van der Waals surface area contributed by atoms with Crippen LogP contribution in [0.4, 0.5) is 0 Å². The summed E-state index contributed by atoms with van der Waals surface area (Å²) < 4.78 is 0. The minimum Gasteiger partial charge on any atom is -0.393 e. The Balaban J connectivity index is 1.90. The first-order chi connectivity index (χ1) is 9.36. The van der Waals surface area contributed by atoms with Crippen LogP contribution in [0.1, 0.15) is 44.7 Å². The Morgan fingerprint density at radius 2 is 1.75 bits per heavy atom. The largest absolute Gasteiger partial charge is 0.393 e. The van der Waals surface area contributed by atoms with Crippen LogP contribution < -0.4 is 5.73 Å². The summed E-state index contributed by atoms with van der Waals surface area (Å²) >= 11 is 5.09. The molecule has 1 aliphatic heterocycles. The summed E-state index contributed by atoms with van der Waals surface area (Å²) in [6.45, 7) is 9.99. The normalized spacial score (nSPS) is 18.1. The lowest BCUT2D eigenvalue weighted by molar-refractivity contribution is 0.202. The van der Waals surface area contributed by atoms with Crippen LogP contribution in [0.15, 0.2) is 24.3 Å². The highest BCUT2D eigenvalue weighted by molar-refractivity contribution is 7.80. The zero-order valence-corrected chi connectivity index (χ0v) is 13.7. The number of benzene rings is 1. The third kappa shape index (κ3) is 4.03. The smallest absolute Gasteiger partial charge is 0.0759 e. The average Bonchev–Trinajstić information content (AvgIpc) is 2.39. The molecule has 0 amide bonds. The lowest BCUT2D eigenvalue weighted by Crippen LogP contribution is -2.37. The van der Waals surface area contributed by atoms with E-state index in [4.69, 9.17) is 18.0 Å². The van der Waals surface area contributed by atoms with Gasteiger partial charge in [-0.15, -0.1) is 0 Å². The minimum atomic E-state index is 0.230. The number of hydrogen-bond acceptors (Lipinski definition) is 2. The Labute approximate surface area is 128 Å². The van der Waals surface area contributed by atoms with E-state index in [1.165, 1.54) is 11.1 Å². The van der Waals surface area contributed by atoms with Gasteiger partial charge in [0.2, 0.25) is 0 Å². The summed E-state index contributed by atoms with van der Waals surface area (Å²) in [6, 6.07) is 9.05. The Morgan fingerprint density at radius 3 is 2.20 bits per heavy atom. The predicted octanol–water partition coefficient (Wildman–Crippen LogP) is 3.48. The molecular weight excluding hydrogens is 264 g/mol. The van der Waals surface area contributed by atoms with E-state index in [2.05, 4.69) is 49.9 Å². The van der Waals surface area contributed by atoms with Crippen LogP contribution in [0.25, 0.3) is 0 Å². The first-order valence-electron chi connectivity index (χ1n) is 7.47. The lowest BCUT2D eigenvalue weighted by Gasteiger charge is -2.31. The molecule has 1 fully saturated rings. The Kier molecular flexibility index (Phi) is 4.82. The Morgan fingerprint density at radius 1 is 1.20 bits per heavy atom. The second-order valence-electron chi connectivity index (χ2n) is 6.90. The van der Waals surface area contributed by atoms with E-state index in [-0.39, 0.29) is 5.41 Å². The molecule has 20 heavy (non-hydrogen) atoms. The molecule has 1 aromatic rings. The minimum absolute atomic E-state index is 0.230. The predicted molar refractivity (Wildman–Crippen MR) is 89.9 cm³/mol. The van der Waals surface area contributed by atoms with Crippen LogP contribution in [0, 0.1) is 5.92 Å². The van der Waals surface area contributed by atoms with Gasteiger partial charge in [0.25, 0.3) is 0 Å². The molecule has 2 N–H and O–H groups in total. The molecule has 3 heteroatoms. The number of likely N-dealkylation sites (tertiary alicyclic amines) is 1. The van der Waals surface area contributed by atoms with Gasteiger partial charge in [0, 0.05) is 12.5 Å². The fourth-order valence-corrected chi connectivity index (χ4v) is 2.98. The molecule has 1 aliphatic rings. The molecule has 0 aliphatic carbocycles. The lowest BCUT2D eigenvalue weighted by atomic mass is 9.86. The molecule has 2 nitrogen and oxygen atoms in total. The van der Waals surface area contributed by atoms with Crippen molar-refractivity contribution < 1.29 is 0 Å². The fraction of sp³-hybridized carbons (Fsp3) is 0.588.